The molecule has 1 aromatic heterocycles. The van der Waals surface area contributed by atoms with Gasteiger partial charge in [-0.15, -0.1) is 0 Å². The van der Waals surface area contributed by atoms with Crippen LogP contribution in [0.25, 0.3) is 0 Å². The molecule has 5 nitrogen and oxygen atoms in total. The van der Waals surface area contributed by atoms with Gasteiger partial charge >= 0.3 is 0 Å². The van der Waals surface area contributed by atoms with E-state index < -0.39 is 5.97 Å². The number of hydrogen-bond donors (Lipinski definition) is 2. The summed E-state index contributed by atoms with van der Waals surface area (Å²) in [7, 11) is 0. The summed E-state index contributed by atoms with van der Waals surface area (Å²) in [5, 5.41) is 7.42. The number of aromatic nitrogens is 2. The molecule has 1 heterocycles. The molecular formula is C11H19N3O2. The minimum Gasteiger partial charge on any atom is -0.481 e. The third-order valence-electron chi connectivity index (χ3n) is 1.98. The van der Waals surface area contributed by atoms with Crippen molar-refractivity contribution < 1.29 is 9.90 Å². The first kappa shape index (κ1) is 14.3. The fourth-order valence-electron chi connectivity index (χ4n) is 1.14. The highest BCUT2D eigenvalue weighted by molar-refractivity contribution is 5.62. The third-order valence-corrected chi connectivity index (χ3v) is 1.98. The molecule has 0 aromatic carbocycles. The van der Waals surface area contributed by atoms with E-state index in [0.29, 0.717) is 5.82 Å². The normalized spacial score (nSPS) is 9.25. The van der Waals surface area contributed by atoms with Gasteiger partial charge in [0.1, 0.15) is 11.6 Å². The lowest BCUT2D eigenvalue weighted by molar-refractivity contribution is -0.134. The number of hydrogen-bond acceptors (Lipinski definition) is 4. The van der Waals surface area contributed by atoms with Crippen molar-refractivity contribution in [3.05, 3.63) is 17.1 Å². The Bertz CT molecular complexity index is 360. The monoisotopic (exact) mass is 225 g/mol. The molecule has 0 saturated heterocycles. The van der Waals surface area contributed by atoms with Crippen molar-refractivity contribution in [1.29, 1.82) is 0 Å². The molecule has 0 saturated carbocycles. The highest BCUT2D eigenvalue weighted by Gasteiger charge is 2.04. The molecule has 3 N–H and O–H groups in total. The van der Waals surface area contributed by atoms with E-state index in [1.165, 1.54) is 0 Å². The summed E-state index contributed by atoms with van der Waals surface area (Å²) >= 11 is 0. The van der Waals surface area contributed by atoms with Gasteiger partial charge in [-0.3, -0.25) is 4.79 Å². The van der Waals surface area contributed by atoms with Gasteiger partial charge in [0.05, 0.1) is 0 Å². The average molecular weight is 225 g/mol. The van der Waals surface area contributed by atoms with Gasteiger partial charge < -0.3 is 10.8 Å². The van der Waals surface area contributed by atoms with E-state index in [4.69, 9.17) is 15.6 Å². The number of anilines is 1. The van der Waals surface area contributed by atoms with Gasteiger partial charge in [0.15, 0.2) is 0 Å². The minimum absolute atomic E-state index is 0.624. The van der Waals surface area contributed by atoms with Gasteiger partial charge in [-0.2, -0.15) is 0 Å². The molecule has 5 heteroatoms. The van der Waals surface area contributed by atoms with Crippen LogP contribution in [0, 0.1) is 6.92 Å². The number of carbonyl (C=O) groups is 1. The molecule has 0 amide bonds. The highest BCUT2D eigenvalue weighted by Crippen LogP contribution is 2.12. The zero-order valence-corrected chi connectivity index (χ0v) is 10.2. The van der Waals surface area contributed by atoms with E-state index in [9.17, 15) is 0 Å². The predicted octanol–water partition coefficient (Wildman–Crippen LogP) is 1.58. The molecule has 0 unspecified atom stereocenters. The zero-order chi connectivity index (χ0) is 12.7. The van der Waals surface area contributed by atoms with Crippen molar-refractivity contribution in [3.63, 3.8) is 0 Å². The van der Waals surface area contributed by atoms with Crippen LogP contribution in [0.3, 0.4) is 0 Å². The molecule has 0 aliphatic heterocycles. The number of aryl methyl sites for hydroxylation is 2. The van der Waals surface area contributed by atoms with Gasteiger partial charge in [-0.05, 0) is 13.3 Å². The van der Waals surface area contributed by atoms with E-state index >= 15 is 0 Å². The second-order valence-corrected chi connectivity index (χ2v) is 3.32. The van der Waals surface area contributed by atoms with Crippen molar-refractivity contribution >= 4 is 11.8 Å². The standard InChI is InChI=1S/C9H15N3.C2H4O2/c1-4-7-6(3)9(10)12-8(5-2)11-7;1-2(3)4/h4-5H2,1-3H3,(H2,10,11,12);1H3,(H,3,4). The Morgan fingerprint density at radius 2 is 1.81 bits per heavy atom. The second kappa shape index (κ2) is 6.76. The number of rotatable bonds is 2. The van der Waals surface area contributed by atoms with Crippen LogP contribution in [0.2, 0.25) is 0 Å². The summed E-state index contributed by atoms with van der Waals surface area (Å²) in [6.45, 7) is 7.16. The molecule has 0 aliphatic carbocycles. The molecule has 0 bridgehead atoms. The van der Waals surface area contributed by atoms with Crippen LogP contribution in [0.1, 0.15) is 37.9 Å². The highest BCUT2D eigenvalue weighted by atomic mass is 16.4. The Balaban J connectivity index is 0.000000487. The Labute approximate surface area is 95.7 Å². The van der Waals surface area contributed by atoms with Crippen LogP contribution in [0.15, 0.2) is 0 Å². The lowest BCUT2D eigenvalue weighted by Gasteiger charge is -2.06. The first-order valence-corrected chi connectivity index (χ1v) is 5.23. The van der Waals surface area contributed by atoms with Crippen LogP contribution in [0.4, 0.5) is 5.82 Å². The van der Waals surface area contributed by atoms with Crippen molar-refractivity contribution in [2.75, 3.05) is 5.73 Å². The van der Waals surface area contributed by atoms with Crippen molar-refractivity contribution in [2.24, 2.45) is 0 Å². The number of nitrogen functional groups attached to an aromatic ring is 1. The Hall–Kier alpha value is -1.65. The summed E-state index contributed by atoms with van der Waals surface area (Å²) in [6.07, 6.45) is 1.77. The van der Waals surface area contributed by atoms with Gasteiger partial charge in [-0.1, -0.05) is 13.8 Å². The van der Waals surface area contributed by atoms with Crippen LogP contribution in [-0.4, -0.2) is 21.0 Å². The molecule has 0 fully saturated rings. The minimum atomic E-state index is -0.833. The maximum Gasteiger partial charge on any atom is 0.300 e. The van der Waals surface area contributed by atoms with Gasteiger partial charge in [0.25, 0.3) is 5.97 Å². The van der Waals surface area contributed by atoms with E-state index in [2.05, 4.69) is 16.9 Å². The largest absolute Gasteiger partial charge is 0.481 e. The predicted molar refractivity (Wildman–Crippen MR) is 63.2 cm³/mol. The van der Waals surface area contributed by atoms with Crippen LogP contribution < -0.4 is 5.73 Å². The molecule has 1 aromatic rings. The first-order chi connectivity index (χ1) is 7.42. The second-order valence-electron chi connectivity index (χ2n) is 3.32. The summed E-state index contributed by atoms with van der Waals surface area (Å²) < 4.78 is 0. The number of aliphatic carboxylic acids is 1. The molecule has 16 heavy (non-hydrogen) atoms. The smallest absolute Gasteiger partial charge is 0.300 e. The van der Waals surface area contributed by atoms with Crippen molar-refractivity contribution in [1.82, 2.24) is 9.97 Å². The van der Waals surface area contributed by atoms with E-state index in [0.717, 1.165) is 36.8 Å². The molecule has 0 atom stereocenters. The quantitative estimate of drug-likeness (QED) is 0.797. The van der Waals surface area contributed by atoms with E-state index in [1.807, 2.05) is 13.8 Å². The van der Waals surface area contributed by atoms with Gasteiger partial charge in [-0.25, -0.2) is 9.97 Å². The van der Waals surface area contributed by atoms with E-state index in [1.54, 1.807) is 0 Å². The van der Waals surface area contributed by atoms with Crippen LogP contribution >= 0.6 is 0 Å². The fraction of sp³-hybridized carbons (Fsp3) is 0.545. The lowest BCUT2D eigenvalue weighted by atomic mass is 10.2. The Morgan fingerprint density at radius 3 is 2.19 bits per heavy atom. The SMILES string of the molecule is CC(=O)O.CCc1nc(N)c(C)c(CC)n1. The fourth-order valence-corrected chi connectivity index (χ4v) is 1.14. The molecule has 0 aliphatic rings. The van der Waals surface area contributed by atoms with Crippen molar-refractivity contribution in [3.8, 4) is 0 Å². The number of carboxylic acids is 1. The number of nitrogens with two attached hydrogens (primary N) is 1. The lowest BCUT2D eigenvalue weighted by Crippen LogP contribution is -2.05. The summed E-state index contributed by atoms with van der Waals surface area (Å²) in [5.74, 6) is 0.633. The average Bonchev–Trinajstić information content (AvgIpc) is 2.21. The van der Waals surface area contributed by atoms with Crippen LogP contribution in [-0.2, 0) is 17.6 Å². The molecule has 0 spiro atoms. The van der Waals surface area contributed by atoms with E-state index in [-0.39, 0.29) is 0 Å². The zero-order valence-electron chi connectivity index (χ0n) is 10.2. The van der Waals surface area contributed by atoms with Crippen LogP contribution in [0.5, 0.6) is 0 Å². The topological polar surface area (TPSA) is 89.1 Å². The molecule has 1 rings (SSSR count). The molecule has 0 radical (unpaired) electrons. The van der Waals surface area contributed by atoms with Crippen molar-refractivity contribution in [2.45, 2.75) is 40.5 Å². The maximum absolute atomic E-state index is 9.00. The summed E-state index contributed by atoms with van der Waals surface area (Å²) in [5.41, 5.74) is 7.81. The third kappa shape index (κ3) is 4.72. The number of nitrogens with zero attached hydrogens (tertiary/aromatic N) is 2. The van der Waals surface area contributed by atoms with Gasteiger partial charge in [0.2, 0.25) is 0 Å². The van der Waals surface area contributed by atoms with Gasteiger partial charge in [0, 0.05) is 24.6 Å². The Kier molecular flexibility index (Phi) is 6.07. The summed E-state index contributed by atoms with van der Waals surface area (Å²) in [6, 6.07) is 0. The Morgan fingerprint density at radius 1 is 1.31 bits per heavy atom. The maximum atomic E-state index is 9.00. The molecular weight excluding hydrogens is 206 g/mol. The molecule has 90 valence electrons. The first-order valence-electron chi connectivity index (χ1n) is 5.23. The summed E-state index contributed by atoms with van der Waals surface area (Å²) in [4.78, 5) is 17.5. The number of carboxylic acid groups (broad SMARTS) is 1.